The number of nitrogens with zero attached hydrogens (tertiary/aromatic N) is 2. The van der Waals surface area contributed by atoms with Crippen molar-refractivity contribution in [3.05, 3.63) is 48.0 Å². The largest absolute Gasteiger partial charge is 0.454 e. The summed E-state index contributed by atoms with van der Waals surface area (Å²) in [5.74, 6) is 0.642. The number of para-hydroxylation sites is 1. The Labute approximate surface area is 159 Å². The van der Waals surface area contributed by atoms with E-state index in [0.29, 0.717) is 42.4 Å². The zero-order chi connectivity index (χ0) is 19.6. The molecule has 0 atom stereocenters. The van der Waals surface area contributed by atoms with Gasteiger partial charge in [-0.15, -0.1) is 0 Å². The van der Waals surface area contributed by atoms with Gasteiger partial charge in [-0.3, -0.25) is 4.79 Å². The molecule has 0 aliphatic carbocycles. The van der Waals surface area contributed by atoms with E-state index in [4.69, 9.17) is 4.74 Å². The second kappa shape index (κ2) is 7.58. The molecule has 7 nitrogen and oxygen atoms in total. The molecule has 144 valence electrons. The Morgan fingerprint density at radius 2 is 1.89 bits per heavy atom. The summed E-state index contributed by atoms with van der Waals surface area (Å²) in [7, 11) is -0.639. The number of nitrogens with one attached hydrogen (secondary N) is 1. The maximum absolute atomic E-state index is 12.8. The highest BCUT2D eigenvalue weighted by molar-refractivity contribution is 7.89. The number of hydrogen-bond donors (Lipinski definition) is 1. The van der Waals surface area contributed by atoms with Crippen LogP contribution in [0.25, 0.3) is 0 Å². The monoisotopic (exact) mass is 389 g/mol. The van der Waals surface area contributed by atoms with Crippen molar-refractivity contribution in [3.63, 3.8) is 0 Å². The molecule has 1 heterocycles. The van der Waals surface area contributed by atoms with E-state index < -0.39 is 10.0 Å². The summed E-state index contributed by atoms with van der Waals surface area (Å²) < 4.78 is 32.1. The number of benzene rings is 2. The van der Waals surface area contributed by atoms with Crippen LogP contribution in [0.4, 0.5) is 5.69 Å². The minimum atomic E-state index is -3.60. The van der Waals surface area contributed by atoms with Crippen LogP contribution in [0.15, 0.2) is 47.4 Å². The Hall–Kier alpha value is -2.58. The normalized spacial score (nSPS) is 14.8. The predicted molar refractivity (Wildman–Crippen MR) is 104 cm³/mol. The van der Waals surface area contributed by atoms with Crippen molar-refractivity contribution in [2.75, 3.05) is 39.0 Å². The third-order valence-electron chi connectivity index (χ3n) is 4.44. The molecule has 0 spiro atoms. The highest BCUT2D eigenvalue weighted by atomic mass is 32.2. The summed E-state index contributed by atoms with van der Waals surface area (Å²) in [5.41, 5.74) is 1.13. The lowest BCUT2D eigenvalue weighted by atomic mass is 10.1. The molecule has 0 radical (unpaired) electrons. The van der Waals surface area contributed by atoms with E-state index in [0.717, 1.165) is 4.31 Å². The quantitative estimate of drug-likeness (QED) is 0.873. The second-order valence-electron chi connectivity index (χ2n) is 6.36. The molecule has 1 N–H and O–H groups in total. The van der Waals surface area contributed by atoms with Gasteiger partial charge in [-0.25, -0.2) is 12.7 Å². The highest BCUT2D eigenvalue weighted by Crippen LogP contribution is 2.35. The Balaban J connectivity index is 2.11. The van der Waals surface area contributed by atoms with Gasteiger partial charge in [0, 0.05) is 39.8 Å². The first kappa shape index (κ1) is 19.2. The number of sulfonamides is 1. The van der Waals surface area contributed by atoms with Crippen molar-refractivity contribution in [2.24, 2.45) is 0 Å². The minimum Gasteiger partial charge on any atom is -0.454 e. The van der Waals surface area contributed by atoms with E-state index in [9.17, 15) is 13.2 Å². The predicted octanol–water partition coefficient (Wildman–Crippen LogP) is 2.62. The Morgan fingerprint density at radius 3 is 2.59 bits per heavy atom. The average Bonchev–Trinajstić information content (AvgIpc) is 2.65. The number of carbonyl (C=O) groups is 1. The summed E-state index contributed by atoms with van der Waals surface area (Å²) in [6, 6.07) is 11.7. The molecular weight excluding hydrogens is 366 g/mol. The number of ether oxygens (including phenoxy) is 1. The molecule has 0 aromatic heterocycles. The smallest absolute Gasteiger partial charge is 0.257 e. The highest BCUT2D eigenvalue weighted by Gasteiger charge is 2.23. The van der Waals surface area contributed by atoms with Crippen molar-refractivity contribution in [1.29, 1.82) is 0 Å². The lowest BCUT2D eigenvalue weighted by molar-refractivity contribution is 0.0767. The van der Waals surface area contributed by atoms with Gasteiger partial charge in [0.15, 0.2) is 5.75 Å². The zero-order valence-electron chi connectivity index (χ0n) is 15.6. The molecule has 0 bridgehead atoms. The van der Waals surface area contributed by atoms with Crippen molar-refractivity contribution in [2.45, 2.75) is 11.8 Å². The number of likely N-dealkylation sites (N-methyl/N-ethyl adjacent to an activating group) is 1. The van der Waals surface area contributed by atoms with E-state index in [1.165, 1.54) is 20.2 Å². The van der Waals surface area contributed by atoms with Gasteiger partial charge in [0.25, 0.3) is 5.91 Å². The molecule has 2 aromatic carbocycles. The van der Waals surface area contributed by atoms with Gasteiger partial charge in [-0.2, -0.15) is 0 Å². The average molecular weight is 389 g/mol. The van der Waals surface area contributed by atoms with Gasteiger partial charge in [0.2, 0.25) is 10.0 Å². The summed E-state index contributed by atoms with van der Waals surface area (Å²) in [4.78, 5) is 14.7. The molecule has 0 saturated carbocycles. The zero-order valence-corrected chi connectivity index (χ0v) is 16.4. The molecule has 1 aliphatic rings. The third kappa shape index (κ3) is 3.77. The van der Waals surface area contributed by atoms with E-state index in [-0.39, 0.29) is 10.8 Å². The number of amides is 1. The molecule has 8 heteroatoms. The first-order valence-corrected chi connectivity index (χ1v) is 10.1. The van der Waals surface area contributed by atoms with Crippen molar-refractivity contribution < 1.29 is 17.9 Å². The Kier molecular flexibility index (Phi) is 5.38. The molecule has 2 aromatic rings. The van der Waals surface area contributed by atoms with Gasteiger partial charge in [-0.05, 0) is 31.2 Å². The van der Waals surface area contributed by atoms with Crippen molar-refractivity contribution in [3.8, 4) is 11.5 Å². The van der Waals surface area contributed by atoms with Gasteiger partial charge in [0.1, 0.15) is 5.75 Å². The fraction of sp³-hybridized carbons (Fsp3) is 0.316. The number of carbonyl (C=O) groups excluding carboxylic acids is 1. The molecule has 0 unspecified atom stereocenters. The van der Waals surface area contributed by atoms with Crippen LogP contribution in [0.1, 0.15) is 17.3 Å². The molecule has 0 saturated heterocycles. The molecule has 0 fully saturated rings. The standard InChI is InChI=1S/C19H23N3O4S/c1-4-22-12-11-20-16-10-9-14(27(24,25)21(2)3)13-18(16)26-17-8-6-5-7-15(17)19(22)23/h5-10,13,20H,4,11-12H2,1-3H3. The number of hydrogen-bond acceptors (Lipinski definition) is 5. The van der Waals surface area contributed by atoms with Gasteiger partial charge in [0.05, 0.1) is 16.1 Å². The molecule has 1 amide bonds. The first-order valence-electron chi connectivity index (χ1n) is 8.71. The third-order valence-corrected chi connectivity index (χ3v) is 6.25. The van der Waals surface area contributed by atoms with Gasteiger partial charge >= 0.3 is 0 Å². The summed E-state index contributed by atoms with van der Waals surface area (Å²) in [6.07, 6.45) is 0. The summed E-state index contributed by atoms with van der Waals surface area (Å²) >= 11 is 0. The van der Waals surface area contributed by atoms with E-state index >= 15 is 0 Å². The lowest BCUT2D eigenvalue weighted by Crippen LogP contribution is -2.35. The van der Waals surface area contributed by atoms with Crippen LogP contribution >= 0.6 is 0 Å². The first-order chi connectivity index (χ1) is 12.8. The number of anilines is 1. The molecular formula is C19H23N3O4S. The molecule has 1 aliphatic heterocycles. The number of fused-ring (bicyclic) bond motifs is 2. The van der Waals surface area contributed by atoms with Crippen LogP contribution in [0.5, 0.6) is 11.5 Å². The van der Waals surface area contributed by atoms with Crippen molar-refractivity contribution >= 4 is 21.6 Å². The van der Waals surface area contributed by atoms with E-state index in [1.807, 2.05) is 6.92 Å². The van der Waals surface area contributed by atoms with Crippen LogP contribution in [-0.4, -0.2) is 57.3 Å². The fourth-order valence-corrected chi connectivity index (χ4v) is 3.77. The van der Waals surface area contributed by atoms with Crippen LogP contribution in [0.2, 0.25) is 0 Å². The van der Waals surface area contributed by atoms with Crippen LogP contribution in [-0.2, 0) is 10.0 Å². The van der Waals surface area contributed by atoms with Crippen LogP contribution in [0.3, 0.4) is 0 Å². The maximum atomic E-state index is 12.8. The van der Waals surface area contributed by atoms with Gasteiger partial charge < -0.3 is 15.0 Å². The lowest BCUT2D eigenvalue weighted by Gasteiger charge is -2.25. The van der Waals surface area contributed by atoms with E-state index in [1.54, 1.807) is 41.3 Å². The molecule has 3 rings (SSSR count). The topological polar surface area (TPSA) is 79.0 Å². The summed E-state index contributed by atoms with van der Waals surface area (Å²) in [5, 5.41) is 3.23. The van der Waals surface area contributed by atoms with Crippen LogP contribution in [0, 0.1) is 0 Å². The van der Waals surface area contributed by atoms with Crippen molar-refractivity contribution in [1.82, 2.24) is 9.21 Å². The van der Waals surface area contributed by atoms with E-state index in [2.05, 4.69) is 5.32 Å². The molecule has 27 heavy (non-hydrogen) atoms. The fourth-order valence-electron chi connectivity index (χ4n) is 2.85. The van der Waals surface area contributed by atoms with Crippen LogP contribution < -0.4 is 10.1 Å². The maximum Gasteiger partial charge on any atom is 0.257 e. The second-order valence-corrected chi connectivity index (χ2v) is 8.51. The van der Waals surface area contributed by atoms with Gasteiger partial charge in [-0.1, -0.05) is 12.1 Å². The number of rotatable bonds is 3. The minimum absolute atomic E-state index is 0.115. The summed E-state index contributed by atoms with van der Waals surface area (Å²) in [6.45, 7) is 3.57. The SMILES string of the molecule is CCN1CCNc2ccc(S(=O)(=O)N(C)C)cc2Oc2ccccc2C1=O. The Morgan fingerprint density at radius 1 is 1.15 bits per heavy atom. The Bertz CT molecular complexity index is 957.